The predicted molar refractivity (Wildman–Crippen MR) is 79.5 cm³/mol. The second-order valence-corrected chi connectivity index (χ2v) is 7.47. The van der Waals surface area contributed by atoms with Crippen LogP contribution < -0.4 is 5.32 Å². The molecule has 1 aromatic rings. The van der Waals surface area contributed by atoms with E-state index < -0.39 is 0 Å². The fraction of sp³-hybridized carbons (Fsp3) is 0.733. The lowest BCUT2D eigenvalue weighted by Gasteiger charge is -2.19. The third-order valence-electron chi connectivity index (χ3n) is 3.13. The third-order valence-corrected chi connectivity index (χ3v) is 4.19. The van der Waals surface area contributed by atoms with E-state index in [0.29, 0.717) is 5.92 Å². The minimum absolute atomic E-state index is 0.170. The maximum atomic E-state index is 5.77. The monoisotopic (exact) mass is 283 g/mol. The molecule has 1 atom stereocenters. The average Bonchev–Trinajstić information content (AvgIpc) is 2.97. The van der Waals surface area contributed by atoms with Crippen LogP contribution >= 0.6 is 11.3 Å². The van der Waals surface area contributed by atoms with Gasteiger partial charge in [-0.25, -0.2) is 0 Å². The maximum Gasteiger partial charge on any atom is 0.0809 e. The Hall–Kier alpha value is -0.420. The van der Waals surface area contributed by atoms with Crippen LogP contribution in [0.15, 0.2) is 12.1 Å². The molecule has 0 saturated carbocycles. The molecule has 1 saturated heterocycles. The topological polar surface area (TPSA) is 30.5 Å². The third kappa shape index (κ3) is 5.61. The summed E-state index contributed by atoms with van der Waals surface area (Å²) in [7, 11) is 0. The number of nitrogens with one attached hydrogen (secondary N) is 1. The van der Waals surface area contributed by atoms with Crippen molar-refractivity contribution in [2.45, 2.75) is 45.9 Å². The highest BCUT2D eigenvalue weighted by molar-refractivity contribution is 7.11. The molecular formula is C15H25NO2S. The van der Waals surface area contributed by atoms with Gasteiger partial charge >= 0.3 is 0 Å². The van der Waals surface area contributed by atoms with E-state index in [2.05, 4.69) is 38.2 Å². The van der Waals surface area contributed by atoms with E-state index in [0.717, 1.165) is 39.4 Å². The van der Waals surface area contributed by atoms with Crippen molar-refractivity contribution in [1.29, 1.82) is 0 Å². The van der Waals surface area contributed by atoms with Gasteiger partial charge in [-0.3, -0.25) is 0 Å². The molecule has 3 nitrogen and oxygen atoms in total. The Balaban J connectivity index is 1.68. The molecule has 0 amide bonds. The van der Waals surface area contributed by atoms with E-state index in [1.165, 1.54) is 9.75 Å². The molecular weight excluding hydrogens is 258 g/mol. The van der Waals surface area contributed by atoms with E-state index >= 15 is 0 Å². The second kappa shape index (κ2) is 6.84. The van der Waals surface area contributed by atoms with Crippen LogP contribution in [-0.2, 0) is 22.6 Å². The van der Waals surface area contributed by atoms with Gasteiger partial charge in [0, 0.05) is 34.4 Å². The van der Waals surface area contributed by atoms with Crippen molar-refractivity contribution in [3.63, 3.8) is 0 Å². The zero-order valence-corrected chi connectivity index (χ0v) is 13.0. The van der Waals surface area contributed by atoms with Crippen LogP contribution in [-0.4, -0.2) is 25.4 Å². The zero-order valence-electron chi connectivity index (χ0n) is 12.2. The molecule has 19 heavy (non-hydrogen) atoms. The molecule has 1 aliphatic heterocycles. The molecule has 2 rings (SSSR count). The molecule has 1 aliphatic rings. The smallest absolute Gasteiger partial charge is 0.0809 e. The van der Waals surface area contributed by atoms with Gasteiger partial charge in [-0.15, -0.1) is 11.3 Å². The molecule has 4 heteroatoms. The van der Waals surface area contributed by atoms with Crippen molar-refractivity contribution < 1.29 is 9.47 Å². The Bertz CT molecular complexity index is 378. The summed E-state index contributed by atoms with van der Waals surface area (Å²) in [6, 6.07) is 4.37. The van der Waals surface area contributed by atoms with Gasteiger partial charge in [0.25, 0.3) is 0 Å². The SMILES string of the molecule is CC(C)(C)NCc1ccc(COCC2CCOC2)s1. The number of ether oxygens (including phenoxy) is 2. The molecule has 108 valence electrons. The number of thiophene rings is 1. The summed E-state index contributed by atoms with van der Waals surface area (Å²) < 4.78 is 11.1. The quantitative estimate of drug-likeness (QED) is 0.870. The van der Waals surface area contributed by atoms with Crippen LogP contribution in [0.2, 0.25) is 0 Å². The number of hydrogen-bond acceptors (Lipinski definition) is 4. The predicted octanol–water partition coefficient (Wildman–Crippen LogP) is 3.19. The van der Waals surface area contributed by atoms with Crippen molar-refractivity contribution in [2.24, 2.45) is 5.92 Å². The van der Waals surface area contributed by atoms with Crippen molar-refractivity contribution >= 4 is 11.3 Å². The molecule has 0 aliphatic carbocycles. The molecule has 1 fully saturated rings. The first-order valence-corrected chi connectivity index (χ1v) is 7.83. The van der Waals surface area contributed by atoms with Crippen molar-refractivity contribution in [3.8, 4) is 0 Å². The lowest BCUT2D eigenvalue weighted by Crippen LogP contribution is -2.34. The van der Waals surface area contributed by atoms with Gasteiger partial charge in [-0.05, 0) is 39.3 Å². The summed E-state index contributed by atoms with van der Waals surface area (Å²) in [5.41, 5.74) is 0.170. The molecule has 1 unspecified atom stereocenters. The lowest BCUT2D eigenvalue weighted by atomic mass is 10.1. The van der Waals surface area contributed by atoms with E-state index in [1.807, 2.05) is 11.3 Å². The first-order valence-electron chi connectivity index (χ1n) is 7.01. The van der Waals surface area contributed by atoms with Gasteiger partial charge in [0.2, 0.25) is 0 Å². The molecule has 0 spiro atoms. The van der Waals surface area contributed by atoms with Gasteiger partial charge in [0.05, 0.1) is 19.8 Å². The summed E-state index contributed by atoms with van der Waals surface area (Å²) in [5, 5.41) is 3.51. The van der Waals surface area contributed by atoms with Gasteiger partial charge < -0.3 is 14.8 Å². The molecule has 0 bridgehead atoms. The largest absolute Gasteiger partial charge is 0.381 e. The average molecular weight is 283 g/mol. The van der Waals surface area contributed by atoms with Crippen LogP contribution in [0.1, 0.15) is 36.9 Å². The van der Waals surface area contributed by atoms with Crippen molar-refractivity contribution in [3.05, 3.63) is 21.9 Å². The highest BCUT2D eigenvalue weighted by Gasteiger charge is 2.15. The Morgan fingerprint density at radius 1 is 1.37 bits per heavy atom. The lowest BCUT2D eigenvalue weighted by molar-refractivity contribution is 0.0806. The zero-order chi connectivity index (χ0) is 13.7. The molecule has 0 radical (unpaired) electrons. The van der Waals surface area contributed by atoms with Crippen LogP contribution in [0.5, 0.6) is 0 Å². The molecule has 1 N–H and O–H groups in total. The van der Waals surface area contributed by atoms with Crippen LogP contribution in [0.3, 0.4) is 0 Å². The minimum atomic E-state index is 0.170. The molecule has 1 aromatic heterocycles. The van der Waals surface area contributed by atoms with E-state index in [9.17, 15) is 0 Å². The summed E-state index contributed by atoms with van der Waals surface area (Å²) in [6.07, 6.45) is 1.14. The maximum absolute atomic E-state index is 5.77. The van der Waals surface area contributed by atoms with Crippen LogP contribution in [0.4, 0.5) is 0 Å². The summed E-state index contributed by atoms with van der Waals surface area (Å²) in [5.74, 6) is 0.599. The fourth-order valence-corrected chi connectivity index (χ4v) is 2.88. The fourth-order valence-electron chi connectivity index (χ4n) is 1.99. The Morgan fingerprint density at radius 2 is 2.16 bits per heavy atom. The van der Waals surface area contributed by atoms with E-state index in [1.54, 1.807) is 0 Å². The number of hydrogen-bond donors (Lipinski definition) is 1. The van der Waals surface area contributed by atoms with Gasteiger partial charge in [-0.1, -0.05) is 0 Å². The summed E-state index contributed by atoms with van der Waals surface area (Å²) in [4.78, 5) is 2.68. The van der Waals surface area contributed by atoms with E-state index in [-0.39, 0.29) is 5.54 Å². The summed E-state index contributed by atoms with van der Waals surface area (Å²) in [6.45, 7) is 10.8. The highest BCUT2D eigenvalue weighted by atomic mass is 32.1. The van der Waals surface area contributed by atoms with Crippen molar-refractivity contribution in [2.75, 3.05) is 19.8 Å². The molecule has 2 heterocycles. The Kier molecular flexibility index (Phi) is 5.39. The second-order valence-electron chi connectivity index (χ2n) is 6.22. The Morgan fingerprint density at radius 3 is 2.84 bits per heavy atom. The van der Waals surface area contributed by atoms with Gasteiger partial charge in [-0.2, -0.15) is 0 Å². The van der Waals surface area contributed by atoms with Crippen molar-refractivity contribution in [1.82, 2.24) is 5.32 Å². The van der Waals surface area contributed by atoms with Gasteiger partial charge in [0.15, 0.2) is 0 Å². The Labute approximate surface area is 120 Å². The van der Waals surface area contributed by atoms with Crippen LogP contribution in [0.25, 0.3) is 0 Å². The minimum Gasteiger partial charge on any atom is -0.381 e. The van der Waals surface area contributed by atoms with Gasteiger partial charge in [0.1, 0.15) is 0 Å². The standard InChI is InChI=1S/C15H25NO2S/c1-15(2,3)16-8-13-4-5-14(19-13)11-18-10-12-6-7-17-9-12/h4-5,12,16H,6-11H2,1-3H3. The first-order chi connectivity index (χ1) is 9.03. The summed E-state index contributed by atoms with van der Waals surface area (Å²) >= 11 is 1.84. The van der Waals surface area contributed by atoms with E-state index in [4.69, 9.17) is 9.47 Å². The van der Waals surface area contributed by atoms with Crippen LogP contribution in [0, 0.1) is 5.92 Å². The number of rotatable bonds is 6. The first kappa shape index (κ1) is 15.0. The molecule has 0 aromatic carbocycles. The normalized spacial score (nSPS) is 20.1. The highest BCUT2D eigenvalue weighted by Crippen LogP contribution is 2.19.